The molecule has 2 aliphatic rings. The lowest BCUT2D eigenvalue weighted by Gasteiger charge is -2.20. The van der Waals surface area contributed by atoms with Crippen LogP contribution in [0.15, 0.2) is 73.8 Å². The molecule has 0 aliphatic carbocycles. The fourth-order valence-corrected chi connectivity index (χ4v) is 6.01. The highest BCUT2D eigenvalue weighted by molar-refractivity contribution is 5.76. The molecule has 2 fully saturated rings. The van der Waals surface area contributed by atoms with E-state index >= 15 is 0 Å². The van der Waals surface area contributed by atoms with Crippen LogP contribution in [0.25, 0.3) is 0 Å². The first kappa shape index (κ1) is 38.0. The van der Waals surface area contributed by atoms with E-state index in [1.807, 2.05) is 108 Å². The number of carbonyl (C=O) groups excluding carboxylic acids is 2. The van der Waals surface area contributed by atoms with Crippen LogP contribution in [0.1, 0.15) is 24.0 Å². The molecule has 0 spiro atoms. The number of aryl methyl sites for hydroxylation is 4. The first-order chi connectivity index (χ1) is 22.0. The molecular formula is C34H48Cl2N10O2. The number of anilines is 4. The molecule has 4 aromatic rings. The zero-order valence-corrected chi connectivity index (χ0v) is 29.7. The SMILES string of the molecule is Cc1cc(N2CCC(NC(=O)Cn3cc[n+](C)c3)C2)ccc1N.Cc1cc(N2CCC(NC(=O)Cn3cc[n+](C)c3)C2)ccc1N.[Cl-].[Cl-]. The molecule has 0 radical (unpaired) electrons. The maximum atomic E-state index is 12.1. The van der Waals surface area contributed by atoms with Crippen molar-refractivity contribution in [3.63, 3.8) is 0 Å². The van der Waals surface area contributed by atoms with Crippen LogP contribution in [0.4, 0.5) is 22.7 Å². The van der Waals surface area contributed by atoms with E-state index < -0.39 is 0 Å². The van der Waals surface area contributed by atoms with E-state index in [1.165, 1.54) is 11.4 Å². The van der Waals surface area contributed by atoms with Crippen molar-refractivity contribution >= 4 is 34.6 Å². The van der Waals surface area contributed by atoms with Gasteiger partial charge in [-0.3, -0.25) is 9.59 Å². The van der Waals surface area contributed by atoms with Gasteiger partial charge in [0.2, 0.25) is 12.7 Å². The van der Waals surface area contributed by atoms with Gasteiger partial charge in [0.15, 0.2) is 13.1 Å². The highest BCUT2D eigenvalue weighted by Crippen LogP contribution is 2.25. The van der Waals surface area contributed by atoms with Gasteiger partial charge in [0, 0.05) is 61.0 Å². The summed E-state index contributed by atoms with van der Waals surface area (Å²) in [6, 6.07) is 12.6. The van der Waals surface area contributed by atoms with Gasteiger partial charge < -0.3 is 56.7 Å². The lowest BCUT2D eigenvalue weighted by molar-refractivity contribution is -0.671. The molecule has 2 aromatic heterocycles. The number of nitrogens with zero attached hydrogens (tertiary/aromatic N) is 6. The van der Waals surface area contributed by atoms with Crippen LogP contribution in [0.3, 0.4) is 0 Å². The summed E-state index contributed by atoms with van der Waals surface area (Å²) in [5, 5.41) is 6.25. The van der Waals surface area contributed by atoms with Gasteiger partial charge in [-0.1, -0.05) is 0 Å². The smallest absolute Gasteiger partial charge is 0.262 e. The Balaban J connectivity index is 0.000000250. The number of imidazole rings is 2. The number of hydrogen-bond donors (Lipinski definition) is 4. The summed E-state index contributed by atoms with van der Waals surface area (Å²) in [4.78, 5) is 28.9. The van der Waals surface area contributed by atoms with E-state index in [2.05, 4.69) is 32.6 Å². The Morgan fingerprint density at radius 1 is 0.729 bits per heavy atom. The lowest BCUT2D eigenvalue weighted by atomic mass is 10.2. The summed E-state index contributed by atoms with van der Waals surface area (Å²) in [7, 11) is 3.88. The molecule has 2 saturated heterocycles. The summed E-state index contributed by atoms with van der Waals surface area (Å²) in [6.07, 6.45) is 13.4. The highest BCUT2D eigenvalue weighted by atomic mass is 35.5. The second-order valence-electron chi connectivity index (χ2n) is 12.6. The minimum absolute atomic E-state index is 0. The van der Waals surface area contributed by atoms with Crippen molar-refractivity contribution in [1.29, 1.82) is 0 Å². The molecule has 4 heterocycles. The molecule has 0 bridgehead atoms. The molecule has 6 N–H and O–H groups in total. The molecule has 260 valence electrons. The van der Waals surface area contributed by atoms with Crippen molar-refractivity contribution in [2.75, 3.05) is 47.4 Å². The number of nitrogens with one attached hydrogen (secondary N) is 2. The number of benzene rings is 2. The molecule has 14 heteroatoms. The average Bonchev–Trinajstić information content (AvgIpc) is 3.82. The van der Waals surface area contributed by atoms with E-state index in [4.69, 9.17) is 11.5 Å². The van der Waals surface area contributed by atoms with Gasteiger partial charge in [-0.2, -0.15) is 0 Å². The van der Waals surface area contributed by atoms with Gasteiger partial charge in [0.05, 0.1) is 14.1 Å². The third kappa shape index (κ3) is 10.3. The van der Waals surface area contributed by atoms with Crippen molar-refractivity contribution in [3.05, 3.63) is 85.0 Å². The first-order valence-corrected chi connectivity index (χ1v) is 15.9. The molecule has 2 aromatic carbocycles. The fraction of sp³-hybridized carbons (Fsp3) is 0.412. The van der Waals surface area contributed by atoms with E-state index in [0.717, 1.165) is 61.5 Å². The Hall–Kier alpha value is -4.42. The van der Waals surface area contributed by atoms with Gasteiger partial charge in [-0.25, -0.2) is 18.3 Å². The third-order valence-electron chi connectivity index (χ3n) is 8.64. The van der Waals surface area contributed by atoms with Crippen LogP contribution in [0.5, 0.6) is 0 Å². The van der Waals surface area contributed by atoms with Gasteiger partial charge in [-0.05, 0) is 74.2 Å². The zero-order chi connectivity index (χ0) is 32.8. The van der Waals surface area contributed by atoms with Crippen LogP contribution in [-0.4, -0.2) is 59.2 Å². The van der Waals surface area contributed by atoms with Crippen molar-refractivity contribution in [3.8, 4) is 0 Å². The van der Waals surface area contributed by atoms with Crippen LogP contribution in [0.2, 0.25) is 0 Å². The number of rotatable bonds is 8. The summed E-state index contributed by atoms with van der Waals surface area (Å²) >= 11 is 0. The average molecular weight is 700 g/mol. The second kappa shape index (κ2) is 17.1. The van der Waals surface area contributed by atoms with E-state index in [-0.39, 0.29) is 48.7 Å². The second-order valence-corrected chi connectivity index (χ2v) is 12.6. The molecule has 0 saturated carbocycles. The number of carbonyl (C=O) groups is 2. The molecule has 2 atom stereocenters. The number of amides is 2. The van der Waals surface area contributed by atoms with Crippen LogP contribution < -0.4 is 65.8 Å². The lowest BCUT2D eigenvalue weighted by Crippen LogP contribution is -3.00. The van der Waals surface area contributed by atoms with Gasteiger partial charge >= 0.3 is 0 Å². The Morgan fingerprint density at radius 2 is 1.12 bits per heavy atom. The normalized spacial score (nSPS) is 16.8. The molecule has 6 rings (SSSR count). The standard InChI is InChI=1S/2C17H23N5O.2ClH/c2*1-13-9-15(3-4-16(13)18)22-6-5-14(10-22)19-17(23)11-21-8-7-20(2)12-21;;/h2*3-4,7-9,12,14H,5-6,10-11,18H2,1-2H3;2*1H. The topological polar surface area (TPSA) is 134 Å². The fourth-order valence-electron chi connectivity index (χ4n) is 6.01. The Labute approximate surface area is 295 Å². The van der Waals surface area contributed by atoms with Gasteiger partial charge in [-0.15, -0.1) is 0 Å². The minimum atomic E-state index is 0. The molecule has 2 amide bonds. The number of halogens is 2. The predicted octanol–water partition coefficient (Wildman–Crippen LogP) is -4.80. The number of hydrogen-bond acceptors (Lipinski definition) is 6. The van der Waals surface area contributed by atoms with Crippen LogP contribution in [0, 0.1) is 13.8 Å². The maximum Gasteiger partial charge on any atom is 0.262 e. The summed E-state index contributed by atoms with van der Waals surface area (Å²) in [5.74, 6) is 0.114. The highest BCUT2D eigenvalue weighted by Gasteiger charge is 2.26. The third-order valence-corrected chi connectivity index (χ3v) is 8.64. The molecule has 2 aliphatic heterocycles. The monoisotopic (exact) mass is 698 g/mol. The molecule has 2 unspecified atom stereocenters. The Kier molecular flexibility index (Phi) is 13.6. The minimum Gasteiger partial charge on any atom is -1.00 e. The number of nitrogens with two attached hydrogens (primary N) is 2. The summed E-state index contributed by atoms with van der Waals surface area (Å²) < 4.78 is 7.61. The van der Waals surface area contributed by atoms with E-state index in [1.54, 1.807) is 0 Å². The zero-order valence-electron chi connectivity index (χ0n) is 28.2. The molecule has 48 heavy (non-hydrogen) atoms. The van der Waals surface area contributed by atoms with Crippen molar-refractivity contribution in [2.24, 2.45) is 14.1 Å². The maximum absolute atomic E-state index is 12.1. The molecule has 12 nitrogen and oxygen atoms in total. The first-order valence-electron chi connectivity index (χ1n) is 15.9. The number of aromatic nitrogens is 4. The van der Waals surface area contributed by atoms with Crippen LogP contribution >= 0.6 is 0 Å². The van der Waals surface area contributed by atoms with E-state index in [9.17, 15) is 9.59 Å². The van der Waals surface area contributed by atoms with Gasteiger partial charge in [0.1, 0.15) is 24.8 Å². The van der Waals surface area contributed by atoms with Crippen molar-refractivity contribution in [2.45, 2.75) is 51.9 Å². The van der Waals surface area contributed by atoms with Crippen LogP contribution in [-0.2, 0) is 36.8 Å². The number of nitrogen functional groups attached to an aromatic ring is 2. The van der Waals surface area contributed by atoms with Crippen molar-refractivity contribution in [1.82, 2.24) is 19.8 Å². The largest absolute Gasteiger partial charge is 1.00 e. The summed E-state index contributed by atoms with van der Waals surface area (Å²) in [6.45, 7) is 8.34. The Bertz CT molecular complexity index is 1550. The molecular weight excluding hydrogens is 651 g/mol. The Morgan fingerprint density at radius 3 is 1.46 bits per heavy atom. The van der Waals surface area contributed by atoms with E-state index in [0.29, 0.717) is 13.1 Å². The predicted molar refractivity (Wildman–Crippen MR) is 180 cm³/mol. The quantitative estimate of drug-likeness (QED) is 0.108. The van der Waals surface area contributed by atoms with Crippen molar-refractivity contribution < 1.29 is 43.5 Å². The summed E-state index contributed by atoms with van der Waals surface area (Å²) in [5.41, 5.74) is 17.9. The van der Waals surface area contributed by atoms with Gasteiger partial charge in [0.25, 0.3) is 11.8 Å².